The summed E-state index contributed by atoms with van der Waals surface area (Å²) in [5.41, 5.74) is 2.21. The SMILES string of the molecule is Cc1cc(-n2cc(CCCNC3CC3)cn2)ncn1. The Morgan fingerprint density at radius 1 is 1.37 bits per heavy atom. The lowest BCUT2D eigenvalue weighted by Crippen LogP contribution is -2.17. The highest BCUT2D eigenvalue weighted by atomic mass is 15.3. The number of nitrogens with one attached hydrogen (secondary N) is 1. The maximum Gasteiger partial charge on any atom is 0.156 e. The van der Waals surface area contributed by atoms with Gasteiger partial charge in [0.25, 0.3) is 0 Å². The van der Waals surface area contributed by atoms with E-state index in [0.29, 0.717) is 0 Å². The third-order valence-corrected chi connectivity index (χ3v) is 3.31. The first-order chi connectivity index (χ1) is 9.31. The molecule has 0 spiro atoms. The summed E-state index contributed by atoms with van der Waals surface area (Å²) in [4.78, 5) is 8.32. The van der Waals surface area contributed by atoms with E-state index in [0.717, 1.165) is 36.9 Å². The highest BCUT2D eigenvalue weighted by Gasteiger charge is 2.19. The van der Waals surface area contributed by atoms with Crippen molar-refractivity contribution in [2.24, 2.45) is 0 Å². The van der Waals surface area contributed by atoms with Gasteiger partial charge in [-0.1, -0.05) is 0 Å². The van der Waals surface area contributed by atoms with Crippen molar-refractivity contribution in [1.82, 2.24) is 25.1 Å². The van der Waals surface area contributed by atoms with Gasteiger partial charge in [0.15, 0.2) is 5.82 Å². The van der Waals surface area contributed by atoms with Gasteiger partial charge in [0.1, 0.15) is 6.33 Å². The molecule has 100 valence electrons. The van der Waals surface area contributed by atoms with E-state index in [2.05, 4.69) is 26.6 Å². The maximum absolute atomic E-state index is 4.36. The molecule has 3 rings (SSSR count). The molecule has 2 heterocycles. The summed E-state index contributed by atoms with van der Waals surface area (Å²) in [6.07, 6.45) is 10.5. The van der Waals surface area contributed by atoms with Crippen molar-refractivity contribution in [3.05, 3.63) is 36.0 Å². The average molecular weight is 257 g/mol. The number of rotatable bonds is 6. The van der Waals surface area contributed by atoms with E-state index in [-0.39, 0.29) is 0 Å². The summed E-state index contributed by atoms with van der Waals surface area (Å²) in [5, 5.41) is 7.88. The average Bonchev–Trinajstić information content (AvgIpc) is 3.11. The number of aromatic nitrogens is 4. The molecule has 1 N–H and O–H groups in total. The number of hydrogen-bond donors (Lipinski definition) is 1. The highest BCUT2D eigenvalue weighted by molar-refractivity contribution is 5.23. The quantitative estimate of drug-likeness (QED) is 0.800. The van der Waals surface area contributed by atoms with Gasteiger partial charge in [-0.05, 0) is 44.7 Å². The predicted octanol–water partition coefficient (Wildman–Crippen LogP) is 1.66. The zero-order chi connectivity index (χ0) is 13.1. The molecule has 0 bridgehead atoms. The number of hydrogen-bond acceptors (Lipinski definition) is 4. The van der Waals surface area contributed by atoms with E-state index < -0.39 is 0 Å². The first-order valence-electron chi connectivity index (χ1n) is 6.87. The van der Waals surface area contributed by atoms with Crippen molar-refractivity contribution in [2.45, 2.75) is 38.6 Å². The molecule has 1 fully saturated rings. The Balaban J connectivity index is 1.56. The van der Waals surface area contributed by atoms with Gasteiger partial charge in [-0.2, -0.15) is 5.10 Å². The zero-order valence-electron chi connectivity index (χ0n) is 11.2. The minimum atomic E-state index is 0.798. The van der Waals surface area contributed by atoms with E-state index >= 15 is 0 Å². The van der Waals surface area contributed by atoms with Gasteiger partial charge in [0.05, 0.1) is 6.20 Å². The molecule has 0 amide bonds. The smallest absolute Gasteiger partial charge is 0.156 e. The summed E-state index contributed by atoms with van der Waals surface area (Å²) >= 11 is 0. The molecule has 1 saturated carbocycles. The molecule has 1 aliphatic carbocycles. The van der Waals surface area contributed by atoms with Crippen LogP contribution in [0.5, 0.6) is 0 Å². The molecule has 0 radical (unpaired) electrons. The van der Waals surface area contributed by atoms with Crippen LogP contribution in [0.15, 0.2) is 24.8 Å². The Bertz CT molecular complexity index is 544. The number of aryl methyl sites for hydroxylation is 2. The molecule has 19 heavy (non-hydrogen) atoms. The molecule has 5 nitrogen and oxygen atoms in total. The Labute approximate surface area is 113 Å². The van der Waals surface area contributed by atoms with Crippen molar-refractivity contribution in [1.29, 1.82) is 0 Å². The lowest BCUT2D eigenvalue weighted by molar-refractivity contribution is 0.645. The van der Waals surface area contributed by atoms with Crippen LogP contribution in [0.4, 0.5) is 0 Å². The fourth-order valence-corrected chi connectivity index (χ4v) is 2.07. The Morgan fingerprint density at radius 3 is 3.05 bits per heavy atom. The normalized spacial score (nSPS) is 14.8. The fourth-order valence-electron chi connectivity index (χ4n) is 2.07. The summed E-state index contributed by atoms with van der Waals surface area (Å²) in [5.74, 6) is 0.829. The molecule has 5 heteroatoms. The van der Waals surface area contributed by atoms with Crippen LogP contribution in [0.3, 0.4) is 0 Å². The van der Waals surface area contributed by atoms with Gasteiger partial charge < -0.3 is 5.32 Å². The summed E-state index contributed by atoms with van der Waals surface area (Å²) in [7, 11) is 0. The second-order valence-corrected chi connectivity index (χ2v) is 5.14. The minimum absolute atomic E-state index is 0.798. The second-order valence-electron chi connectivity index (χ2n) is 5.14. The van der Waals surface area contributed by atoms with Gasteiger partial charge in [-0.15, -0.1) is 0 Å². The Kier molecular flexibility index (Phi) is 3.55. The van der Waals surface area contributed by atoms with Crippen LogP contribution in [-0.4, -0.2) is 32.3 Å². The number of nitrogens with zero attached hydrogens (tertiary/aromatic N) is 4. The van der Waals surface area contributed by atoms with E-state index in [1.54, 1.807) is 6.33 Å². The highest BCUT2D eigenvalue weighted by Crippen LogP contribution is 2.18. The molecular weight excluding hydrogens is 238 g/mol. The Morgan fingerprint density at radius 2 is 2.26 bits per heavy atom. The lowest BCUT2D eigenvalue weighted by Gasteiger charge is -2.01. The van der Waals surface area contributed by atoms with E-state index in [1.165, 1.54) is 18.4 Å². The predicted molar refractivity (Wildman–Crippen MR) is 73.2 cm³/mol. The Hall–Kier alpha value is -1.75. The zero-order valence-corrected chi connectivity index (χ0v) is 11.2. The molecule has 1 aliphatic rings. The second kappa shape index (κ2) is 5.48. The van der Waals surface area contributed by atoms with Gasteiger partial charge in [0, 0.05) is 24.0 Å². The third-order valence-electron chi connectivity index (χ3n) is 3.31. The van der Waals surface area contributed by atoms with Crippen LogP contribution >= 0.6 is 0 Å². The van der Waals surface area contributed by atoms with Crippen molar-refractivity contribution in [3.63, 3.8) is 0 Å². The minimum Gasteiger partial charge on any atom is -0.314 e. The van der Waals surface area contributed by atoms with Crippen molar-refractivity contribution in [3.8, 4) is 5.82 Å². The molecule has 0 unspecified atom stereocenters. The standard InChI is InChI=1S/C14H19N5/c1-11-7-14(17-10-16-11)19-9-12(8-18-19)3-2-6-15-13-4-5-13/h7-10,13,15H,2-6H2,1H3. The van der Waals surface area contributed by atoms with Gasteiger partial charge in [0.2, 0.25) is 0 Å². The van der Waals surface area contributed by atoms with Crippen molar-refractivity contribution < 1.29 is 0 Å². The van der Waals surface area contributed by atoms with Crippen LogP contribution in [0.1, 0.15) is 30.5 Å². The monoisotopic (exact) mass is 257 g/mol. The van der Waals surface area contributed by atoms with Crippen LogP contribution in [0.2, 0.25) is 0 Å². The third kappa shape index (κ3) is 3.38. The van der Waals surface area contributed by atoms with Gasteiger partial charge in [-0.25, -0.2) is 14.6 Å². The molecule has 0 saturated heterocycles. The summed E-state index contributed by atoms with van der Waals surface area (Å²) < 4.78 is 1.82. The maximum atomic E-state index is 4.36. The molecule has 0 aromatic carbocycles. The van der Waals surface area contributed by atoms with E-state index in [9.17, 15) is 0 Å². The molecular formula is C14H19N5. The van der Waals surface area contributed by atoms with Crippen LogP contribution in [0.25, 0.3) is 5.82 Å². The molecule has 2 aromatic rings. The van der Waals surface area contributed by atoms with Crippen molar-refractivity contribution >= 4 is 0 Å². The summed E-state index contributed by atoms with van der Waals surface area (Å²) in [6, 6.07) is 2.73. The lowest BCUT2D eigenvalue weighted by atomic mass is 10.2. The summed E-state index contributed by atoms with van der Waals surface area (Å²) in [6.45, 7) is 3.06. The van der Waals surface area contributed by atoms with Crippen LogP contribution in [0, 0.1) is 6.92 Å². The fraction of sp³-hybridized carbons (Fsp3) is 0.500. The first-order valence-corrected chi connectivity index (χ1v) is 6.87. The largest absolute Gasteiger partial charge is 0.314 e. The molecule has 2 aromatic heterocycles. The van der Waals surface area contributed by atoms with Crippen molar-refractivity contribution in [2.75, 3.05) is 6.54 Å². The van der Waals surface area contributed by atoms with Crippen LogP contribution in [-0.2, 0) is 6.42 Å². The molecule has 0 aliphatic heterocycles. The first kappa shape index (κ1) is 12.3. The van der Waals surface area contributed by atoms with Gasteiger partial charge >= 0.3 is 0 Å². The topological polar surface area (TPSA) is 55.6 Å². The van der Waals surface area contributed by atoms with Crippen LogP contribution < -0.4 is 5.32 Å². The van der Waals surface area contributed by atoms with Gasteiger partial charge in [-0.3, -0.25) is 0 Å². The van der Waals surface area contributed by atoms with E-state index in [4.69, 9.17) is 0 Å². The molecule has 0 atom stereocenters. The van der Waals surface area contributed by atoms with E-state index in [1.807, 2.05) is 23.9 Å².